The lowest BCUT2D eigenvalue weighted by molar-refractivity contribution is -0.173. The number of aromatic nitrogens is 2. The Balaban J connectivity index is 1.64. The van der Waals surface area contributed by atoms with Gasteiger partial charge in [-0.15, -0.1) is 0 Å². The highest BCUT2D eigenvalue weighted by molar-refractivity contribution is 5.98. The minimum atomic E-state index is -4.49. The van der Waals surface area contributed by atoms with Gasteiger partial charge in [0.05, 0.1) is 25.0 Å². The van der Waals surface area contributed by atoms with Crippen molar-refractivity contribution in [1.29, 1.82) is 0 Å². The quantitative estimate of drug-likeness (QED) is 0.705. The van der Waals surface area contributed by atoms with E-state index in [2.05, 4.69) is 15.7 Å². The fourth-order valence-corrected chi connectivity index (χ4v) is 3.31. The SMILES string of the molecule is O=C(NCc1ccco1)c1cnn2c1N[C@H](c1ccccc1)C[C@@H]2C(F)(F)F. The van der Waals surface area contributed by atoms with Gasteiger partial charge in [0.2, 0.25) is 0 Å². The van der Waals surface area contributed by atoms with Crippen LogP contribution in [0.1, 0.15) is 40.2 Å². The standard InChI is InChI=1S/C19H17F3N4O2/c20-19(21,22)16-9-15(12-5-2-1-3-6-12)25-17-14(11-24-26(16)17)18(27)23-10-13-7-4-8-28-13/h1-8,11,15-16,25H,9-10H2,(H,23,27)/t15-,16+/m0/s1. The molecule has 0 unspecified atom stereocenters. The van der Waals surface area contributed by atoms with Crippen LogP contribution in [0.4, 0.5) is 19.0 Å². The van der Waals surface area contributed by atoms with Gasteiger partial charge in [-0.1, -0.05) is 30.3 Å². The molecule has 1 aliphatic rings. The summed E-state index contributed by atoms with van der Waals surface area (Å²) >= 11 is 0. The summed E-state index contributed by atoms with van der Waals surface area (Å²) < 4.78 is 47.0. The maximum atomic E-state index is 13.7. The van der Waals surface area contributed by atoms with E-state index in [9.17, 15) is 18.0 Å². The van der Waals surface area contributed by atoms with Crippen LogP contribution in [0.25, 0.3) is 0 Å². The Labute approximate surface area is 158 Å². The Kier molecular flexibility index (Phi) is 4.58. The topological polar surface area (TPSA) is 72.1 Å². The van der Waals surface area contributed by atoms with Crippen molar-refractivity contribution < 1.29 is 22.4 Å². The van der Waals surface area contributed by atoms with Crippen LogP contribution in [0.3, 0.4) is 0 Å². The number of carbonyl (C=O) groups is 1. The predicted octanol–water partition coefficient (Wildman–Crippen LogP) is 4.07. The molecule has 6 nitrogen and oxygen atoms in total. The molecule has 4 rings (SSSR count). The van der Waals surface area contributed by atoms with Crippen molar-refractivity contribution in [1.82, 2.24) is 15.1 Å². The van der Waals surface area contributed by atoms with Gasteiger partial charge in [0.25, 0.3) is 5.91 Å². The lowest BCUT2D eigenvalue weighted by atomic mass is 9.96. The first-order valence-corrected chi connectivity index (χ1v) is 8.70. The van der Waals surface area contributed by atoms with Gasteiger partial charge in [-0.3, -0.25) is 4.79 Å². The number of anilines is 1. The highest BCUT2D eigenvalue weighted by Gasteiger charge is 2.47. The molecule has 2 aromatic heterocycles. The number of hydrogen-bond donors (Lipinski definition) is 2. The maximum Gasteiger partial charge on any atom is 0.410 e. The Morgan fingerprint density at radius 2 is 2.04 bits per heavy atom. The summed E-state index contributed by atoms with van der Waals surface area (Å²) in [4.78, 5) is 12.5. The molecule has 9 heteroatoms. The second-order valence-corrected chi connectivity index (χ2v) is 6.51. The van der Waals surface area contributed by atoms with Gasteiger partial charge >= 0.3 is 6.18 Å². The van der Waals surface area contributed by atoms with Crippen molar-refractivity contribution in [2.24, 2.45) is 0 Å². The van der Waals surface area contributed by atoms with E-state index in [0.717, 1.165) is 10.9 Å². The number of furan rings is 1. The molecule has 1 aliphatic heterocycles. The summed E-state index contributed by atoms with van der Waals surface area (Å²) in [5.74, 6) is 0.0665. The number of nitrogens with zero attached hydrogens (tertiary/aromatic N) is 2. The summed E-state index contributed by atoms with van der Waals surface area (Å²) in [6.45, 7) is 0.126. The molecule has 0 fully saturated rings. The monoisotopic (exact) mass is 390 g/mol. The number of nitrogens with one attached hydrogen (secondary N) is 2. The summed E-state index contributed by atoms with van der Waals surface area (Å²) in [6.07, 6.45) is -2.07. The smallest absolute Gasteiger partial charge is 0.410 e. The molecule has 0 spiro atoms. The molecule has 0 aliphatic carbocycles. The van der Waals surface area contributed by atoms with E-state index in [0.29, 0.717) is 11.3 Å². The number of halogens is 3. The van der Waals surface area contributed by atoms with Gasteiger partial charge in [-0.25, -0.2) is 4.68 Å². The summed E-state index contributed by atoms with van der Waals surface area (Å²) in [5, 5.41) is 9.54. The van der Waals surface area contributed by atoms with Crippen LogP contribution >= 0.6 is 0 Å². The van der Waals surface area contributed by atoms with Crippen LogP contribution < -0.4 is 10.6 Å². The summed E-state index contributed by atoms with van der Waals surface area (Å²) in [7, 11) is 0. The summed E-state index contributed by atoms with van der Waals surface area (Å²) in [6, 6.07) is 9.81. The third kappa shape index (κ3) is 3.47. The van der Waals surface area contributed by atoms with Crippen molar-refractivity contribution >= 4 is 11.7 Å². The third-order valence-electron chi connectivity index (χ3n) is 4.69. The zero-order chi connectivity index (χ0) is 19.7. The van der Waals surface area contributed by atoms with Gasteiger partial charge < -0.3 is 15.1 Å². The Hall–Kier alpha value is -3.23. The second-order valence-electron chi connectivity index (χ2n) is 6.51. The van der Waals surface area contributed by atoms with Crippen molar-refractivity contribution in [3.8, 4) is 0 Å². The number of amides is 1. The van der Waals surface area contributed by atoms with Crippen molar-refractivity contribution in [3.05, 3.63) is 71.8 Å². The van der Waals surface area contributed by atoms with Crippen LogP contribution in [0.2, 0.25) is 0 Å². The van der Waals surface area contributed by atoms with Crippen molar-refractivity contribution in [2.75, 3.05) is 5.32 Å². The molecular weight excluding hydrogens is 373 g/mol. The number of fused-ring (bicyclic) bond motifs is 1. The Bertz CT molecular complexity index is 951. The molecule has 0 saturated heterocycles. The van der Waals surface area contributed by atoms with Crippen LogP contribution in [0.5, 0.6) is 0 Å². The molecule has 2 N–H and O–H groups in total. The zero-order valence-corrected chi connectivity index (χ0v) is 14.6. The molecule has 1 amide bonds. The molecule has 0 saturated carbocycles. The van der Waals surface area contributed by atoms with E-state index in [4.69, 9.17) is 4.42 Å². The predicted molar refractivity (Wildman–Crippen MR) is 94.6 cm³/mol. The van der Waals surface area contributed by atoms with Crippen molar-refractivity contribution in [2.45, 2.75) is 31.2 Å². The maximum absolute atomic E-state index is 13.7. The van der Waals surface area contributed by atoms with E-state index in [1.54, 1.807) is 42.5 Å². The first-order chi connectivity index (χ1) is 13.4. The molecule has 3 heterocycles. The first-order valence-electron chi connectivity index (χ1n) is 8.70. The largest absolute Gasteiger partial charge is 0.467 e. The molecule has 1 aromatic carbocycles. The van der Waals surface area contributed by atoms with E-state index < -0.39 is 24.2 Å². The summed E-state index contributed by atoms with van der Waals surface area (Å²) in [5.41, 5.74) is 0.771. The number of hydrogen-bond acceptors (Lipinski definition) is 4. The van der Waals surface area contributed by atoms with Gasteiger partial charge in [-0.05, 0) is 17.7 Å². The normalized spacial score (nSPS) is 19.0. The molecular formula is C19H17F3N4O2. The van der Waals surface area contributed by atoms with Gasteiger partial charge in [-0.2, -0.15) is 18.3 Å². The minimum absolute atomic E-state index is 0.0550. The molecule has 146 valence electrons. The van der Waals surface area contributed by atoms with E-state index in [-0.39, 0.29) is 24.3 Å². The average molecular weight is 390 g/mol. The van der Waals surface area contributed by atoms with Gasteiger partial charge in [0.1, 0.15) is 17.1 Å². The second kappa shape index (κ2) is 7.06. The fraction of sp³-hybridized carbons (Fsp3) is 0.263. The van der Waals surface area contributed by atoms with Crippen LogP contribution in [-0.2, 0) is 6.54 Å². The highest BCUT2D eigenvalue weighted by Crippen LogP contribution is 2.44. The van der Waals surface area contributed by atoms with E-state index in [1.165, 1.54) is 6.26 Å². The zero-order valence-electron chi connectivity index (χ0n) is 14.6. The Morgan fingerprint density at radius 3 is 2.71 bits per heavy atom. The van der Waals surface area contributed by atoms with Crippen LogP contribution in [0.15, 0.2) is 59.3 Å². The van der Waals surface area contributed by atoms with Gasteiger partial charge in [0.15, 0.2) is 6.04 Å². The third-order valence-corrected chi connectivity index (χ3v) is 4.69. The highest BCUT2D eigenvalue weighted by atomic mass is 19.4. The number of alkyl halides is 3. The van der Waals surface area contributed by atoms with Crippen LogP contribution in [-0.4, -0.2) is 21.9 Å². The van der Waals surface area contributed by atoms with E-state index in [1.807, 2.05) is 0 Å². The lowest BCUT2D eigenvalue weighted by Crippen LogP contribution is -2.36. The number of benzene rings is 1. The van der Waals surface area contributed by atoms with E-state index >= 15 is 0 Å². The molecule has 2 atom stereocenters. The molecule has 0 radical (unpaired) electrons. The number of carbonyl (C=O) groups excluding carboxylic acids is 1. The van der Waals surface area contributed by atoms with Gasteiger partial charge in [0, 0.05) is 6.42 Å². The minimum Gasteiger partial charge on any atom is -0.467 e. The number of rotatable bonds is 4. The molecule has 3 aromatic rings. The van der Waals surface area contributed by atoms with Crippen molar-refractivity contribution in [3.63, 3.8) is 0 Å². The van der Waals surface area contributed by atoms with Crippen LogP contribution in [0, 0.1) is 0 Å². The average Bonchev–Trinajstić information content (AvgIpc) is 3.35. The Morgan fingerprint density at radius 1 is 1.25 bits per heavy atom. The lowest BCUT2D eigenvalue weighted by Gasteiger charge is -2.34. The first kappa shape index (κ1) is 18.1. The molecule has 0 bridgehead atoms. The fourth-order valence-electron chi connectivity index (χ4n) is 3.31. The molecule has 28 heavy (non-hydrogen) atoms.